The summed E-state index contributed by atoms with van der Waals surface area (Å²) in [5.41, 5.74) is 0.611. The Balaban J connectivity index is 2.17. The molecule has 102 valence electrons. The minimum absolute atomic E-state index is 0.0783. The fourth-order valence-electron chi connectivity index (χ4n) is 2.27. The molecule has 0 spiro atoms. The Bertz CT molecular complexity index is 473. The molecule has 0 aromatic heterocycles. The molecular weight excluding hydrogens is 264 g/mol. The van der Waals surface area contributed by atoms with Gasteiger partial charge in [0.1, 0.15) is 0 Å². The van der Waals surface area contributed by atoms with Gasteiger partial charge in [-0.2, -0.15) is 0 Å². The zero-order valence-corrected chi connectivity index (χ0v) is 11.6. The number of likely N-dealkylation sites (tertiary alicyclic amines) is 1. The standard InChI is InChI=1S/C13H17BClNO3/c1-9-4-6-16(7-5-9)13(17)10-2-3-12(15)11(8-10)14(18)19/h2-3,8-9,18-19H,4-7H2,1H3. The third-order valence-electron chi connectivity index (χ3n) is 3.59. The molecule has 19 heavy (non-hydrogen) atoms. The first-order valence-corrected chi connectivity index (χ1v) is 6.81. The maximum Gasteiger partial charge on any atom is 0.489 e. The van der Waals surface area contributed by atoms with Crippen LogP contribution in [-0.4, -0.2) is 41.1 Å². The molecule has 2 rings (SSSR count). The number of amides is 1. The molecule has 1 aromatic carbocycles. The second-order valence-electron chi connectivity index (χ2n) is 5.08. The number of hydrogen-bond donors (Lipinski definition) is 2. The first-order valence-electron chi connectivity index (χ1n) is 6.44. The Morgan fingerprint density at radius 3 is 2.58 bits per heavy atom. The summed E-state index contributed by atoms with van der Waals surface area (Å²) >= 11 is 5.86. The molecule has 1 heterocycles. The van der Waals surface area contributed by atoms with Crippen molar-refractivity contribution in [3.8, 4) is 0 Å². The number of benzene rings is 1. The van der Waals surface area contributed by atoms with Crippen molar-refractivity contribution in [3.63, 3.8) is 0 Å². The lowest BCUT2D eigenvalue weighted by Gasteiger charge is -2.30. The Morgan fingerprint density at radius 1 is 1.37 bits per heavy atom. The largest absolute Gasteiger partial charge is 0.489 e. The quantitative estimate of drug-likeness (QED) is 0.792. The molecule has 1 aromatic rings. The number of carbonyl (C=O) groups is 1. The number of carbonyl (C=O) groups excluding carboxylic acids is 1. The van der Waals surface area contributed by atoms with Gasteiger partial charge in [0.05, 0.1) is 0 Å². The predicted molar refractivity (Wildman–Crippen MR) is 75.6 cm³/mol. The van der Waals surface area contributed by atoms with Crippen molar-refractivity contribution in [1.82, 2.24) is 4.90 Å². The highest BCUT2D eigenvalue weighted by Gasteiger charge is 2.23. The van der Waals surface area contributed by atoms with Crippen LogP contribution in [0.4, 0.5) is 0 Å². The molecule has 0 atom stereocenters. The van der Waals surface area contributed by atoms with Crippen LogP contribution in [-0.2, 0) is 0 Å². The van der Waals surface area contributed by atoms with Crippen LogP contribution in [0.5, 0.6) is 0 Å². The van der Waals surface area contributed by atoms with Gasteiger partial charge >= 0.3 is 7.12 Å². The summed E-state index contributed by atoms with van der Waals surface area (Å²) in [6, 6.07) is 4.60. The molecular formula is C13H17BClNO3. The van der Waals surface area contributed by atoms with Crippen molar-refractivity contribution in [1.29, 1.82) is 0 Å². The average Bonchev–Trinajstić information content (AvgIpc) is 2.39. The SMILES string of the molecule is CC1CCN(C(=O)c2ccc(Cl)c(B(O)O)c2)CC1. The molecule has 0 aliphatic carbocycles. The summed E-state index contributed by atoms with van der Waals surface area (Å²) in [7, 11) is -1.67. The van der Waals surface area contributed by atoms with Crippen molar-refractivity contribution in [2.75, 3.05) is 13.1 Å². The van der Waals surface area contributed by atoms with Crippen molar-refractivity contribution >= 4 is 30.1 Å². The van der Waals surface area contributed by atoms with E-state index in [0.29, 0.717) is 11.5 Å². The summed E-state index contributed by atoms with van der Waals surface area (Å²) in [6.45, 7) is 3.68. The maximum absolute atomic E-state index is 12.3. The Labute approximate surface area is 118 Å². The minimum Gasteiger partial charge on any atom is -0.423 e. The van der Waals surface area contributed by atoms with Crippen LogP contribution in [0.25, 0.3) is 0 Å². The molecule has 1 fully saturated rings. The highest BCUT2D eigenvalue weighted by molar-refractivity contribution is 6.62. The lowest BCUT2D eigenvalue weighted by molar-refractivity contribution is 0.0697. The van der Waals surface area contributed by atoms with Gasteiger partial charge in [-0.25, -0.2) is 0 Å². The Kier molecular flexibility index (Phi) is 4.50. The third kappa shape index (κ3) is 3.29. The Morgan fingerprint density at radius 2 is 2.00 bits per heavy atom. The molecule has 0 radical (unpaired) electrons. The molecule has 0 bridgehead atoms. The lowest BCUT2D eigenvalue weighted by atomic mass is 9.79. The van der Waals surface area contributed by atoms with Crippen molar-refractivity contribution in [3.05, 3.63) is 28.8 Å². The highest BCUT2D eigenvalue weighted by atomic mass is 35.5. The second kappa shape index (κ2) is 5.95. The summed E-state index contributed by atoms with van der Waals surface area (Å²) in [5, 5.41) is 18.7. The number of hydrogen-bond acceptors (Lipinski definition) is 3. The number of piperidine rings is 1. The van der Waals surface area contributed by atoms with E-state index in [-0.39, 0.29) is 16.4 Å². The van der Waals surface area contributed by atoms with Crippen LogP contribution < -0.4 is 5.46 Å². The fourth-order valence-corrected chi connectivity index (χ4v) is 2.48. The monoisotopic (exact) mass is 281 g/mol. The van der Waals surface area contributed by atoms with E-state index in [9.17, 15) is 14.8 Å². The van der Waals surface area contributed by atoms with E-state index < -0.39 is 7.12 Å². The number of halogens is 1. The molecule has 2 N–H and O–H groups in total. The van der Waals surface area contributed by atoms with Gasteiger partial charge < -0.3 is 14.9 Å². The molecule has 4 nitrogen and oxygen atoms in total. The van der Waals surface area contributed by atoms with Gasteiger partial charge in [0.15, 0.2) is 0 Å². The second-order valence-corrected chi connectivity index (χ2v) is 5.49. The summed E-state index contributed by atoms with van der Waals surface area (Å²) < 4.78 is 0. The van der Waals surface area contributed by atoms with Crippen molar-refractivity contribution < 1.29 is 14.8 Å². The van der Waals surface area contributed by atoms with Crippen LogP contribution in [0, 0.1) is 5.92 Å². The zero-order valence-electron chi connectivity index (χ0n) is 10.8. The van der Waals surface area contributed by atoms with Gasteiger partial charge in [0.2, 0.25) is 0 Å². The smallest absolute Gasteiger partial charge is 0.423 e. The zero-order chi connectivity index (χ0) is 14.0. The highest BCUT2D eigenvalue weighted by Crippen LogP contribution is 2.18. The van der Waals surface area contributed by atoms with E-state index >= 15 is 0 Å². The van der Waals surface area contributed by atoms with Crippen LogP contribution in [0.15, 0.2) is 18.2 Å². The van der Waals surface area contributed by atoms with Crippen LogP contribution >= 0.6 is 11.6 Å². The van der Waals surface area contributed by atoms with Crippen molar-refractivity contribution in [2.24, 2.45) is 5.92 Å². The van der Waals surface area contributed by atoms with Gasteiger partial charge in [-0.3, -0.25) is 4.79 Å². The molecule has 1 aliphatic heterocycles. The summed E-state index contributed by atoms with van der Waals surface area (Å²) in [5.74, 6) is 0.578. The van der Waals surface area contributed by atoms with Gasteiger partial charge in [0, 0.05) is 29.1 Å². The average molecular weight is 282 g/mol. The van der Waals surface area contributed by atoms with E-state index in [1.54, 1.807) is 11.0 Å². The minimum atomic E-state index is -1.67. The Hall–Kier alpha value is -1.04. The molecule has 1 saturated heterocycles. The van der Waals surface area contributed by atoms with E-state index in [0.717, 1.165) is 25.9 Å². The van der Waals surface area contributed by atoms with E-state index in [1.807, 2.05) is 0 Å². The molecule has 6 heteroatoms. The fraction of sp³-hybridized carbons (Fsp3) is 0.462. The van der Waals surface area contributed by atoms with Crippen molar-refractivity contribution in [2.45, 2.75) is 19.8 Å². The van der Waals surface area contributed by atoms with Gasteiger partial charge in [-0.15, -0.1) is 0 Å². The predicted octanol–water partition coefficient (Wildman–Crippen LogP) is 0.892. The molecule has 0 saturated carbocycles. The molecule has 1 amide bonds. The number of nitrogens with zero attached hydrogens (tertiary/aromatic N) is 1. The lowest BCUT2D eigenvalue weighted by Crippen LogP contribution is -2.39. The first-order chi connectivity index (χ1) is 8.99. The summed E-state index contributed by atoms with van der Waals surface area (Å²) in [6.07, 6.45) is 2.02. The molecule has 1 aliphatic rings. The van der Waals surface area contributed by atoms with Gasteiger partial charge in [-0.05, 0) is 37.0 Å². The summed E-state index contributed by atoms with van der Waals surface area (Å²) in [4.78, 5) is 14.1. The van der Waals surface area contributed by atoms with E-state index in [4.69, 9.17) is 11.6 Å². The van der Waals surface area contributed by atoms with Gasteiger partial charge in [0.25, 0.3) is 5.91 Å². The number of rotatable bonds is 2. The van der Waals surface area contributed by atoms with E-state index in [2.05, 4.69) is 6.92 Å². The van der Waals surface area contributed by atoms with Crippen LogP contribution in [0.1, 0.15) is 30.1 Å². The third-order valence-corrected chi connectivity index (χ3v) is 3.94. The van der Waals surface area contributed by atoms with E-state index in [1.165, 1.54) is 12.1 Å². The van der Waals surface area contributed by atoms with Crippen LogP contribution in [0.2, 0.25) is 5.02 Å². The molecule has 0 unspecified atom stereocenters. The first kappa shape index (κ1) is 14.4. The maximum atomic E-state index is 12.3. The van der Waals surface area contributed by atoms with Crippen LogP contribution in [0.3, 0.4) is 0 Å². The normalized spacial score (nSPS) is 16.5. The topological polar surface area (TPSA) is 60.8 Å². The van der Waals surface area contributed by atoms with Gasteiger partial charge in [-0.1, -0.05) is 18.5 Å².